The predicted molar refractivity (Wildman–Crippen MR) is 66.7 cm³/mol. The first-order valence-corrected chi connectivity index (χ1v) is 7.04. The summed E-state index contributed by atoms with van der Waals surface area (Å²) in [6.45, 7) is 8.89. The number of rotatable bonds is 1. The Labute approximate surface area is 99.2 Å². The maximum Gasteiger partial charge on any atom is 0.0224 e. The van der Waals surface area contributed by atoms with Gasteiger partial charge in [-0.3, -0.25) is 9.80 Å². The van der Waals surface area contributed by atoms with Crippen molar-refractivity contribution in [2.75, 3.05) is 32.7 Å². The van der Waals surface area contributed by atoms with E-state index in [2.05, 4.69) is 22.0 Å². The fourth-order valence-electron chi connectivity index (χ4n) is 3.78. The van der Waals surface area contributed by atoms with Crippen LogP contribution in [0.4, 0.5) is 0 Å². The van der Waals surface area contributed by atoms with E-state index in [9.17, 15) is 0 Å². The van der Waals surface area contributed by atoms with Crippen LogP contribution in [0.25, 0.3) is 0 Å². The molecular weight excluding hydrogens is 198 g/mol. The molecule has 3 unspecified atom stereocenters. The highest BCUT2D eigenvalue weighted by molar-refractivity contribution is 4.91. The van der Waals surface area contributed by atoms with Gasteiger partial charge >= 0.3 is 0 Å². The molecule has 0 aliphatic carbocycles. The molecule has 3 aliphatic heterocycles. The quantitative estimate of drug-likeness (QED) is 0.713. The third-order valence-electron chi connectivity index (χ3n) is 4.73. The van der Waals surface area contributed by atoms with Gasteiger partial charge in [-0.05, 0) is 45.7 Å². The predicted octanol–water partition coefficient (Wildman–Crippen LogP) is 0.907. The molecular formula is C13H25N3. The lowest BCUT2D eigenvalue weighted by atomic mass is 9.97. The highest BCUT2D eigenvalue weighted by atomic mass is 15.3. The highest BCUT2D eigenvalue weighted by Crippen LogP contribution is 2.25. The summed E-state index contributed by atoms with van der Waals surface area (Å²) in [5.74, 6) is 0. The van der Waals surface area contributed by atoms with E-state index in [4.69, 9.17) is 0 Å². The van der Waals surface area contributed by atoms with Crippen LogP contribution in [0.15, 0.2) is 0 Å². The summed E-state index contributed by atoms with van der Waals surface area (Å²) in [5.41, 5.74) is 0. The molecule has 16 heavy (non-hydrogen) atoms. The Morgan fingerprint density at radius 2 is 1.88 bits per heavy atom. The monoisotopic (exact) mass is 223 g/mol. The Kier molecular flexibility index (Phi) is 3.18. The van der Waals surface area contributed by atoms with Crippen LogP contribution in [0.1, 0.15) is 32.6 Å². The van der Waals surface area contributed by atoms with E-state index in [1.807, 2.05) is 0 Å². The van der Waals surface area contributed by atoms with Crippen LogP contribution < -0.4 is 5.32 Å². The first-order chi connectivity index (χ1) is 7.83. The van der Waals surface area contributed by atoms with E-state index in [-0.39, 0.29) is 0 Å². The minimum atomic E-state index is 0.723. The molecule has 3 atom stereocenters. The molecule has 3 heterocycles. The first kappa shape index (κ1) is 11.0. The standard InChI is InChI=1S/C13H25N3/c1-11-9-12(4-5-14-11)16-8-7-15-6-2-3-13(15)10-16/h11-14H,2-10H2,1H3. The molecule has 0 amide bonds. The van der Waals surface area contributed by atoms with E-state index in [1.54, 1.807) is 0 Å². The Balaban J connectivity index is 1.58. The fraction of sp³-hybridized carbons (Fsp3) is 1.00. The topological polar surface area (TPSA) is 18.5 Å². The van der Waals surface area contributed by atoms with E-state index in [0.717, 1.165) is 18.1 Å². The van der Waals surface area contributed by atoms with Gasteiger partial charge in [0.1, 0.15) is 0 Å². The van der Waals surface area contributed by atoms with Crippen molar-refractivity contribution in [3.8, 4) is 0 Å². The Hall–Kier alpha value is -0.120. The molecule has 3 aliphatic rings. The normalized spacial score (nSPS) is 42.2. The van der Waals surface area contributed by atoms with Gasteiger partial charge in [-0.15, -0.1) is 0 Å². The molecule has 3 saturated heterocycles. The fourth-order valence-corrected chi connectivity index (χ4v) is 3.78. The maximum absolute atomic E-state index is 3.56. The number of hydrogen-bond acceptors (Lipinski definition) is 3. The summed E-state index contributed by atoms with van der Waals surface area (Å²) in [5, 5.41) is 3.56. The summed E-state index contributed by atoms with van der Waals surface area (Å²) in [4.78, 5) is 5.49. The van der Waals surface area contributed by atoms with E-state index >= 15 is 0 Å². The zero-order valence-electron chi connectivity index (χ0n) is 10.5. The molecule has 3 heteroatoms. The molecule has 0 bridgehead atoms. The second kappa shape index (κ2) is 4.63. The molecule has 1 N–H and O–H groups in total. The lowest BCUT2D eigenvalue weighted by Gasteiger charge is -2.44. The second-order valence-corrected chi connectivity index (χ2v) is 5.86. The van der Waals surface area contributed by atoms with Crippen LogP contribution in [-0.4, -0.2) is 60.6 Å². The number of nitrogens with zero attached hydrogens (tertiary/aromatic N) is 2. The Bertz CT molecular complexity index is 243. The minimum Gasteiger partial charge on any atom is -0.314 e. The van der Waals surface area contributed by atoms with E-state index in [0.29, 0.717) is 0 Å². The lowest BCUT2D eigenvalue weighted by Crippen LogP contribution is -2.56. The van der Waals surface area contributed by atoms with Crippen molar-refractivity contribution in [2.45, 2.75) is 50.7 Å². The average Bonchev–Trinajstić information content (AvgIpc) is 2.75. The second-order valence-electron chi connectivity index (χ2n) is 5.86. The zero-order valence-corrected chi connectivity index (χ0v) is 10.5. The average molecular weight is 223 g/mol. The first-order valence-electron chi connectivity index (χ1n) is 7.04. The Morgan fingerprint density at radius 1 is 1.00 bits per heavy atom. The molecule has 0 aromatic heterocycles. The maximum atomic E-state index is 3.56. The van der Waals surface area contributed by atoms with Crippen molar-refractivity contribution in [3.63, 3.8) is 0 Å². The highest BCUT2D eigenvalue weighted by Gasteiger charge is 2.34. The van der Waals surface area contributed by atoms with Crippen LogP contribution in [0.3, 0.4) is 0 Å². The van der Waals surface area contributed by atoms with E-state index in [1.165, 1.54) is 58.4 Å². The number of piperazine rings is 1. The molecule has 3 nitrogen and oxygen atoms in total. The van der Waals surface area contributed by atoms with Gasteiger partial charge in [-0.2, -0.15) is 0 Å². The van der Waals surface area contributed by atoms with Gasteiger partial charge in [-0.1, -0.05) is 0 Å². The number of hydrogen-bond donors (Lipinski definition) is 1. The van der Waals surface area contributed by atoms with Gasteiger partial charge in [0.15, 0.2) is 0 Å². The molecule has 0 aromatic rings. The van der Waals surface area contributed by atoms with Gasteiger partial charge in [0.2, 0.25) is 0 Å². The summed E-state index contributed by atoms with van der Waals surface area (Å²) >= 11 is 0. The van der Waals surface area contributed by atoms with Gasteiger partial charge in [0, 0.05) is 37.8 Å². The molecule has 0 radical (unpaired) electrons. The third-order valence-corrected chi connectivity index (χ3v) is 4.73. The third kappa shape index (κ3) is 2.13. The number of piperidine rings is 1. The van der Waals surface area contributed by atoms with Crippen molar-refractivity contribution in [1.29, 1.82) is 0 Å². The summed E-state index contributed by atoms with van der Waals surface area (Å²) in [6, 6.07) is 2.47. The van der Waals surface area contributed by atoms with Gasteiger partial charge < -0.3 is 5.32 Å². The smallest absolute Gasteiger partial charge is 0.0224 e. The lowest BCUT2D eigenvalue weighted by molar-refractivity contribution is 0.0544. The van der Waals surface area contributed by atoms with Crippen LogP contribution in [0, 0.1) is 0 Å². The molecule has 3 rings (SSSR count). The zero-order chi connectivity index (χ0) is 11.0. The largest absolute Gasteiger partial charge is 0.314 e. The van der Waals surface area contributed by atoms with Crippen LogP contribution >= 0.6 is 0 Å². The summed E-state index contributed by atoms with van der Waals surface area (Å²) in [6.07, 6.45) is 5.59. The molecule has 0 spiro atoms. The SMILES string of the molecule is CC1CC(N2CCN3CCCC3C2)CCN1. The minimum absolute atomic E-state index is 0.723. The van der Waals surface area contributed by atoms with Gasteiger partial charge in [0.25, 0.3) is 0 Å². The van der Waals surface area contributed by atoms with E-state index < -0.39 is 0 Å². The van der Waals surface area contributed by atoms with Crippen molar-refractivity contribution < 1.29 is 0 Å². The van der Waals surface area contributed by atoms with Crippen molar-refractivity contribution in [1.82, 2.24) is 15.1 Å². The molecule has 3 fully saturated rings. The van der Waals surface area contributed by atoms with Crippen molar-refractivity contribution in [3.05, 3.63) is 0 Å². The van der Waals surface area contributed by atoms with Crippen LogP contribution in [0.2, 0.25) is 0 Å². The summed E-state index contributed by atoms with van der Waals surface area (Å²) < 4.78 is 0. The van der Waals surface area contributed by atoms with Crippen molar-refractivity contribution >= 4 is 0 Å². The number of nitrogens with one attached hydrogen (secondary N) is 1. The van der Waals surface area contributed by atoms with Gasteiger partial charge in [0.05, 0.1) is 0 Å². The molecule has 0 saturated carbocycles. The Morgan fingerprint density at radius 3 is 2.75 bits per heavy atom. The molecule has 92 valence electrons. The number of fused-ring (bicyclic) bond motifs is 1. The van der Waals surface area contributed by atoms with Crippen molar-refractivity contribution in [2.24, 2.45) is 0 Å². The van der Waals surface area contributed by atoms with Crippen LogP contribution in [-0.2, 0) is 0 Å². The molecule has 0 aromatic carbocycles. The van der Waals surface area contributed by atoms with Gasteiger partial charge in [-0.25, -0.2) is 0 Å². The summed E-state index contributed by atoms with van der Waals surface area (Å²) in [7, 11) is 0. The van der Waals surface area contributed by atoms with Crippen LogP contribution in [0.5, 0.6) is 0 Å².